The van der Waals surface area contributed by atoms with Gasteiger partial charge in [0.1, 0.15) is 0 Å². The lowest BCUT2D eigenvalue weighted by Crippen LogP contribution is -2.40. The zero-order valence-corrected chi connectivity index (χ0v) is 11.2. The fourth-order valence-corrected chi connectivity index (χ4v) is 2.56. The molecule has 102 valence electrons. The topological polar surface area (TPSA) is 83.5 Å². The van der Waals surface area contributed by atoms with E-state index in [1.165, 1.54) is 0 Å². The number of aliphatic carboxylic acids is 1. The van der Waals surface area contributed by atoms with Crippen LogP contribution in [-0.4, -0.2) is 39.2 Å². The Morgan fingerprint density at radius 3 is 2.50 bits per heavy atom. The van der Waals surface area contributed by atoms with Crippen LogP contribution in [-0.2, 0) is 20.4 Å². The highest BCUT2D eigenvalue weighted by molar-refractivity contribution is 7.84. The third-order valence-corrected chi connectivity index (χ3v) is 4.34. The molecule has 0 heterocycles. The first-order chi connectivity index (χ1) is 8.56. The lowest BCUT2D eigenvalue weighted by atomic mass is 9.82. The van der Waals surface area contributed by atoms with Gasteiger partial charge >= 0.3 is 5.97 Å². The number of carboxylic acid groups (broad SMARTS) is 1. The standard InChI is InChI=1S/C12H19NO4S/c1-2-18(17)8-7-13-11(14)9-5-3-4-6-10(9)12(15)16/h3-4,9-10H,2,5-8H2,1H3,(H,13,14)(H,15,16)/t9-,10+,18?/m1/s1. The number of carboxylic acids is 1. The van der Waals surface area contributed by atoms with E-state index >= 15 is 0 Å². The Bertz CT molecular complexity index is 367. The third kappa shape index (κ3) is 4.25. The smallest absolute Gasteiger partial charge is 0.307 e. The maximum Gasteiger partial charge on any atom is 0.307 e. The highest BCUT2D eigenvalue weighted by atomic mass is 32.2. The van der Waals surface area contributed by atoms with Gasteiger partial charge in [-0.05, 0) is 12.8 Å². The van der Waals surface area contributed by atoms with E-state index < -0.39 is 28.6 Å². The van der Waals surface area contributed by atoms with Gasteiger partial charge in [0.2, 0.25) is 5.91 Å². The normalized spacial score (nSPS) is 24.5. The molecule has 0 aromatic rings. The van der Waals surface area contributed by atoms with Crippen LogP contribution in [0.3, 0.4) is 0 Å². The van der Waals surface area contributed by atoms with Gasteiger partial charge in [-0.3, -0.25) is 13.8 Å². The van der Waals surface area contributed by atoms with Gasteiger partial charge in [0, 0.05) is 28.9 Å². The highest BCUT2D eigenvalue weighted by Gasteiger charge is 2.33. The SMILES string of the molecule is CCS(=O)CCNC(=O)[C@@H]1CC=CC[C@@H]1C(=O)O. The van der Waals surface area contributed by atoms with Gasteiger partial charge in [0.25, 0.3) is 0 Å². The molecule has 0 bridgehead atoms. The Labute approximate surface area is 109 Å². The molecule has 1 rings (SSSR count). The van der Waals surface area contributed by atoms with E-state index in [9.17, 15) is 13.8 Å². The van der Waals surface area contributed by atoms with Gasteiger partial charge < -0.3 is 10.4 Å². The third-order valence-electron chi connectivity index (χ3n) is 3.04. The number of nitrogens with one attached hydrogen (secondary N) is 1. The van der Waals surface area contributed by atoms with Crippen LogP contribution in [0.2, 0.25) is 0 Å². The Balaban J connectivity index is 2.46. The van der Waals surface area contributed by atoms with Crippen LogP contribution in [0, 0.1) is 11.8 Å². The number of carbonyl (C=O) groups is 2. The summed E-state index contributed by atoms with van der Waals surface area (Å²) in [5, 5.41) is 11.7. The number of rotatable bonds is 6. The van der Waals surface area contributed by atoms with E-state index in [0.717, 1.165) is 0 Å². The summed E-state index contributed by atoms with van der Waals surface area (Å²) in [6.45, 7) is 2.16. The molecular weight excluding hydrogens is 254 g/mol. The molecule has 0 aromatic heterocycles. The van der Waals surface area contributed by atoms with Gasteiger partial charge in [-0.15, -0.1) is 0 Å². The van der Waals surface area contributed by atoms with Crippen LogP contribution in [0.15, 0.2) is 12.2 Å². The van der Waals surface area contributed by atoms with Crippen LogP contribution in [0.4, 0.5) is 0 Å². The minimum atomic E-state index is -0.934. The first-order valence-electron chi connectivity index (χ1n) is 6.06. The Hall–Kier alpha value is -1.17. The predicted molar refractivity (Wildman–Crippen MR) is 69.5 cm³/mol. The van der Waals surface area contributed by atoms with E-state index in [-0.39, 0.29) is 5.91 Å². The maximum absolute atomic E-state index is 11.9. The molecule has 0 saturated heterocycles. The van der Waals surface area contributed by atoms with Crippen LogP contribution in [0.25, 0.3) is 0 Å². The van der Waals surface area contributed by atoms with Crippen LogP contribution >= 0.6 is 0 Å². The molecule has 1 unspecified atom stereocenters. The van der Waals surface area contributed by atoms with E-state index in [4.69, 9.17) is 5.11 Å². The quantitative estimate of drug-likeness (QED) is 0.692. The van der Waals surface area contributed by atoms with Crippen molar-refractivity contribution in [2.75, 3.05) is 18.1 Å². The van der Waals surface area contributed by atoms with Crippen molar-refractivity contribution in [1.29, 1.82) is 0 Å². The summed E-state index contributed by atoms with van der Waals surface area (Å²) in [5.41, 5.74) is 0. The molecule has 6 heteroatoms. The monoisotopic (exact) mass is 273 g/mol. The second kappa shape index (κ2) is 7.31. The summed E-state index contributed by atoms with van der Waals surface area (Å²) in [5.74, 6) is -1.35. The van der Waals surface area contributed by atoms with Crippen LogP contribution < -0.4 is 5.32 Å². The van der Waals surface area contributed by atoms with Crippen molar-refractivity contribution >= 4 is 22.7 Å². The molecule has 0 fully saturated rings. The molecule has 1 amide bonds. The van der Waals surface area contributed by atoms with E-state index in [2.05, 4.69) is 5.32 Å². The summed E-state index contributed by atoms with van der Waals surface area (Å²) < 4.78 is 11.2. The second-order valence-electron chi connectivity index (χ2n) is 4.22. The minimum absolute atomic E-state index is 0.250. The number of hydrogen-bond donors (Lipinski definition) is 2. The van der Waals surface area contributed by atoms with Crippen LogP contribution in [0.1, 0.15) is 19.8 Å². The molecule has 18 heavy (non-hydrogen) atoms. The molecule has 0 saturated carbocycles. The number of carbonyl (C=O) groups excluding carboxylic acids is 1. The first-order valence-corrected chi connectivity index (χ1v) is 7.55. The van der Waals surface area contributed by atoms with Crippen molar-refractivity contribution in [3.63, 3.8) is 0 Å². The van der Waals surface area contributed by atoms with Crippen molar-refractivity contribution < 1.29 is 18.9 Å². The van der Waals surface area contributed by atoms with Gasteiger partial charge in [-0.2, -0.15) is 0 Å². The van der Waals surface area contributed by atoms with E-state index in [1.54, 1.807) is 6.08 Å². The fourth-order valence-electron chi connectivity index (χ4n) is 1.94. The van der Waals surface area contributed by atoms with E-state index in [0.29, 0.717) is 30.9 Å². The maximum atomic E-state index is 11.9. The van der Waals surface area contributed by atoms with Crippen molar-refractivity contribution in [3.8, 4) is 0 Å². The zero-order chi connectivity index (χ0) is 13.5. The molecule has 0 aromatic carbocycles. The van der Waals surface area contributed by atoms with Gasteiger partial charge in [-0.25, -0.2) is 0 Å². The Morgan fingerprint density at radius 2 is 1.94 bits per heavy atom. The first kappa shape index (κ1) is 14.9. The van der Waals surface area contributed by atoms with Crippen molar-refractivity contribution in [2.45, 2.75) is 19.8 Å². The summed E-state index contributed by atoms with van der Waals surface area (Å²) >= 11 is 0. The summed E-state index contributed by atoms with van der Waals surface area (Å²) in [6, 6.07) is 0. The van der Waals surface area contributed by atoms with Crippen molar-refractivity contribution in [2.24, 2.45) is 11.8 Å². The largest absolute Gasteiger partial charge is 0.481 e. The fraction of sp³-hybridized carbons (Fsp3) is 0.667. The predicted octanol–water partition coefficient (Wildman–Crippen LogP) is 0.538. The van der Waals surface area contributed by atoms with Crippen LogP contribution in [0.5, 0.6) is 0 Å². The average molecular weight is 273 g/mol. The number of hydrogen-bond acceptors (Lipinski definition) is 3. The van der Waals surface area contributed by atoms with Gasteiger partial charge in [-0.1, -0.05) is 19.1 Å². The Kier molecular flexibility index (Phi) is 6.04. The molecule has 0 aliphatic heterocycles. The molecule has 2 N–H and O–H groups in total. The summed E-state index contributed by atoms with van der Waals surface area (Å²) in [7, 11) is -0.911. The molecule has 1 aliphatic rings. The van der Waals surface area contributed by atoms with Crippen molar-refractivity contribution in [3.05, 3.63) is 12.2 Å². The number of amides is 1. The molecule has 5 nitrogen and oxygen atoms in total. The molecule has 0 spiro atoms. The number of allylic oxidation sites excluding steroid dienone is 2. The van der Waals surface area contributed by atoms with E-state index in [1.807, 2.05) is 13.0 Å². The van der Waals surface area contributed by atoms with Gasteiger partial charge in [0.15, 0.2) is 0 Å². The average Bonchev–Trinajstić information content (AvgIpc) is 2.38. The Morgan fingerprint density at radius 1 is 1.33 bits per heavy atom. The summed E-state index contributed by atoms with van der Waals surface area (Å²) in [6.07, 6.45) is 4.50. The second-order valence-corrected chi connectivity index (χ2v) is 6.08. The summed E-state index contributed by atoms with van der Waals surface area (Å²) in [4.78, 5) is 22.9. The molecule has 0 radical (unpaired) electrons. The molecule has 3 atom stereocenters. The van der Waals surface area contributed by atoms with Crippen molar-refractivity contribution in [1.82, 2.24) is 5.32 Å². The lowest BCUT2D eigenvalue weighted by molar-refractivity contribution is -0.147. The zero-order valence-electron chi connectivity index (χ0n) is 10.4. The lowest BCUT2D eigenvalue weighted by Gasteiger charge is -2.24. The molecular formula is C12H19NO4S. The highest BCUT2D eigenvalue weighted by Crippen LogP contribution is 2.25. The minimum Gasteiger partial charge on any atom is -0.481 e. The van der Waals surface area contributed by atoms with Gasteiger partial charge in [0.05, 0.1) is 11.8 Å². The molecule has 1 aliphatic carbocycles.